The van der Waals surface area contributed by atoms with E-state index in [4.69, 9.17) is 0 Å². The van der Waals surface area contributed by atoms with Gasteiger partial charge in [-0.1, -0.05) is 85.8 Å². The summed E-state index contributed by atoms with van der Waals surface area (Å²) in [6, 6.07) is 28.9. The smallest absolute Gasteiger partial charge is 0.182 e. The van der Waals surface area contributed by atoms with Crippen LogP contribution in [0.2, 0.25) is 0 Å². The molecule has 0 bridgehead atoms. The molecule has 1 unspecified atom stereocenters. The lowest BCUT2D eigenvalue weighted by molar-refractivity contribution is -0.0000137. The second-order valence-electron chi connectivity index (χ2n) is 8.58. The molecule has 150 valence electrons. The number of benzene rings is 3. The predicted octanol–water partition coefficient (Wildman–Crippen LogP) is 2.87. The van der Waals surface area contributed by atoms with Crippen LogP contribution in [0.15, 0.2) is 84.9 Å². The minimum Gasteiger partial charge on any atom is -1.00 e. The molecule has 1 aliphatic rings. The molecule has 2 nitrogen and oxygen atoms in total. The summed E-state index contributed by atoms with van der Waals surface area (Å²) >= 11 is 0. The van der Waals surface area contributed by atoms with E-state index in [-0.39, 0.29) is 33.7 Å². The van der Waals surface area contributed by atoms with Crippen LogP contribution in [0.1, 0.15) is 48.7 Å². The van der Waals surface area contributed by atoms with Crippen molar-refractivity contribution in [2.75, 3.05) is 11.4 Å². The summed E-state index contributed by atoms with van der Waals surface area (Å²) in [6.07, 6.45) is 0.948. The summed E-state index contributed by atoms with van der Waals surface area (Å²) in [5.41, 5.74) is 4.31. The maximum atomic E-state index is 13.0. The summed E-state index contributed by atoms with van der Waals surface area (Å²) in [5, 5.41) is 0. The summed E-state index contributed by atoms with van der Waals surface area (Å²) < 4.78 is 0. The van der Waals surface area contributed by atoms with E-state index in [2.05, 4.69) is 80.3 Å². The highest BCUT2D eigenvalue weighted by atomic mass is 79.9. The van der Waals surface area contributed by atoms with E-state index in [1.54, 1.807) is 0 Å². The number of halogens is 1. The fraction of sp³-hybridized carbons (Fsp3) is 0.269. The SMILES string of the molecule is CC1(c2ccccc2)CC(C)(C)N(CC(=O)c2ccccc2)c2ccccc21.[Br-]. The van der Waals surface area contributed by atoms with Crippen LogP contribution in [0.4, 0.5) is 5.69 Å². The largest absolute Gasteiger partial charge is 1.00 e. The van der Waals surface area contributed by atoms with Gasteiger partial charge in [0.25, 0.3) is 0 Å². The fourth-order valence-electron chi connectivity index (χ4n) is 4.78. The molecule has 29 heavy (non-hydrogen) atoms. The zero-order valence-electron chi connectivity index (χ0n) is 17.2. The van der Waals surface area contributed by atoms with Crippen LogP contribution in [-0.2, 0) is 5.41 Å². The normalized spacial score (nSPS) is 19.8. The van der Waals surface area contributed by atoms with Crippen molar-refractivity contribution < 1.29 is 21.8 Å². The molecule has 0 amide bonds. The van der Waals surface area contributed by atoms with Crippen molar-refractivity contribution in [2.45, 2.75) is 38.1 Å². The first-order chi connectivity index (χ1) is 13.4. The van der Waals surface area contributed by atoms with Crippen LogP contribution in [0.3, 0.4) is 0 Å². The van der Waals surface area contributed by atoms with Gasteiger partial charge in [-0.2, -0.15) is 0 Å². The van der Waals surface area contributed by atoms with E-state index in [9.17, 15) is 4.79 Å². The number of hydrogen-bond acceptors (Lipinski definition) is 2. The van der Waals surface area contributed by atoms with Gasteiger partial charge in [0.15, 0.2) is 5.78 Å². The van der Waals surface area contributed by atoms with Gasteiger partial charge in [-0.25, -0.2) is 0 Å². The summed E-state index contributed by atoms with van der Waals surface area (Å²) in [5.74, 6) is 0.159. The number of Topliss-reactive ketones (excluding diaryl/α,β-unsaturated/α-hetero) is 1. The van der Waals surface area contributed by atoms with E-state index in [1.807, 2.05) is 30.3 Å². The Kier molecular flexibility index (Phi) is 6.00. The van der Waals surface area contributed by atoms with Gasteiger partial charge in [0.2, 0.25) is 0 Å². The molecule has 0 radical (unpaired) electrons. The number of fused-ring (bicyclic) bond motifs is 1. The molecule has 1 aliphatic heterocycles. The Morgan fingerprint density at radius 1 is 0.828 bits per heavy atom. The van der Waals surface area contributed by atoms with Crippen LogP contribution in [0, 0.1) is 0 Å². The lowest BCUT2D eigenvalue weighted by Crippen LogP contribution is -3.00. The zero-order valence-corrected chi connectivity index (χ0v) is 18.8. The number of ketones is 1. The Morgan fingerprint density at radius 3 is 2.03 bits per heavy atom. The highest BCUT2D eigenvalue weighted by molar-refractivity contribution is 5.99. The van der Waals surface area contributed by atoms with Crippen molar-refractivity contribution in [1.82, 2.24) is 0 Å². The van der Waals surface area contributed by atoms with Gasteiger partial charge in [-0.05, 0) is 37.5 Å². The van der Waals surface area contributed by atoms with Crippen LogP contribution in [-0.4, -0.2) is 17.9 Å². The number of nitrogens with zero attached hydrogens (tertiary/aromatic N) is 1. The van der Waals surface area contributed by atoms with E-state index in [0.29, 0.717) is 6.54 Å². The molecule has 1 heterocycles. The average molecular weight is 449 g/mol. The van der Waals surface area contributed by atoms with Crippen LogP contribution >= 0.6 is 0 Å². The second kappa shape index (κ2) is 8.16. The Labute approximate surface area is 184 Å². The molecule has 3 aromatic rings. The van der Waals surface area contributed by atoms with Gasteiger partial charge in [0, 0.05) is 22.2 Å². The Bertz CT molecular complexity index is 984. The van der Waals surface area contributed by atoms with Crippen LogP contribution in [0.5, 0.6) is 0 Å². The molecule has 0 saturated heterocycles. The third-order valence-electron chi connectivity index (χ3n) is 6.11. The summed E-state index contributed by atoms with van der Waals surface area (Å²) in [7, 11) is 0. The van der Waals surface area contributed by atoms with E-state index in [0.717, 1.165) is 17.7 Å². The predicted molar refractivity (Wildman–Crippen MR) is 116 cm³/mol. The van der Waals surface area contributed by atoms with Gasteiger partial charge in [0.05, 0.1) is 6.54 Å². The van der Waals surface area contributed by atoms with Crippen molar-refractivity contribution in [3.05, 3.63) is 102 Å². The summed E-state index contributed by atoms with van der Waals surface area (Å²) in [4.78, 5) is 15.3. The maximum absolute atomic E-state index is 13.0. The first kappa shape index (κ1) is 21.3. The van der Waals surface area contributed by atoms with Gasteiger partial charge in [0.1, 0.15) is 0 Å². The van der Waals surface area contributed by atoms with Crippen molar-refractivity contribution in [3.63, 3.8) is 0 Å². The van der Waals surface area contributed by atoms with Crippen molar-refractivity contribution >= 4 is 11.5 Å². The minimum absolute atomic E-state index is 0. The van der Waals surface area contributed by atoms with Crippen LogP contribution < -0.4 is 21.9 Å². The number of rotatable bonds is 4. The van der Waals surface area contributed by atoms with E-state index in [1.165, 1.54) is 11.1 Å². The standard InChI is InChI=1S/C26H27NO.BrH/c1-25(2)19-26(3,21-14-8-5-9-15-21)22-16-10-11-17-23(22)27(25)18-24(28)20-12-6-4-7-13-20;/h4-17H,18-19H2,1-3H3;1H/p-1. The Morgan fingerprint density at radius 2 is 1.38 bits per heavy atom. The third-order valence-corrected chi connectivity index (χ3v) is 6.11. The number of hydrogen-bond donors (Lipinski definition) is 0. The van der Waals surface area contributed by atoms with E-state index >= 15 is 0 Å². The quantitative estimate of drug-likeness (QED) is 0.571. The molecule has 0 spiro atoms. The van der Waals surface area contributed by atoms with E-state index < -0.39 is 0 Å². The first-order valence-corrected chi connectivity index (χ1v) is 9.93. The number of carbonyl (C=O) groups excluding carboxylic acids is 1. The Balaban J connectivity index is 0.00000240. The van der Waals surface area contributed by atoms with Crippen molar-refractivity contribution in [2.24, 2.45) is 0 Å². The van der Waals surface area contributed by atoms with Gasteiger partial charge >= 0.3 is 0 Å². The molecule has 1 atom stereocenters. The number of carbonyl (C=O) groups is 1. The average Bonchev–Trinajstić information content (AvgIpc) is 2.72. The fourth-order valence-corrected chi connectivity index (χ4v) is 4.78. The molecule has 0 saturated carbocycles. The highest BCUT2D eigenvalue weighted by Gasteiger charge is 2.45. The molecule has 0 aliphatic carbocycles. The molecule has 3 heteroatoms. The molecule has 0 aromatic heterocycles. The number of anilines is 1. The van der Waals surface area contributed by atoms with Gasteiger partial charge in [-0.15, -0.1) is 0 Å². The Hall–Kier alpha value is -2.39. The second-order valence-corrected chi connectivity index (χ2v) is 8.58. The molecule has 0 fully saturated rings. The molecular weight excluding hydrogens is 422 g/mol. The monoisotopic (exact) mass is 448 g/mol. The maximum Gasteiger partial charge on any atom is 0.182 e. The summed E-state index contributed by atoms with van der Waals surface area (Å²) in [6.45, 7) is 7.23. The first-order valence-electron chi connectivity index (χ1n) is 9.93. The van der Waals surface area contributed by atoms with Crippen LogP contribution in [0.25, 0.3) is 0 Å². The third kappa shape index (κ3) is 3.89. The minimum atomic E-state index is -0.149. The lowest BCUT2D eigenvalue weighted by Gasteiger charge is -2.52. The van der Waals surface area contributed by atoms with Gasteiger partial charge < -0.3 is 21.9 Å². The van der Waals surface area contributed by atoms with Gasteiger partial charge in [-0.3, -0.25) is 4.79 Å². The topological polar surface area (TPSA) is 20.3 Å². The molecule has 4 rings (SSSR count). The number of para-hydroxylation sites is 1. The highest BCUT2D eigenvalue weighted by Crippen LogP contribution is 2.50. The van der Waals surface area contributed by atoms with Crippen molar-refractivity contribution in [1.29, 1.82) is 0 Å². The molecular formula is C26H27BrNO-. The molecule has 0 N–H and O–H groups in total. The molecule has 3 aromatic carbocycles. The zero-order chi connectivity index (χ0) is 19.8. The lowest BCUT2D eigenvalue weighted by atomic mass is 9.65. The van der Waals surface area contributed by atoms with Crippen molar-refractivity contribution in [3.8, 4) is 0 Å².